The molecule has 0 saturated heterocycles. The summed E-state index contributed by atoms with van der Waals surface area (Å²) in [6, 6.07) is 12.4. The molecule has 1 amide bonds. The number of nitrogen functional groups attached to an aromatic ring is 1. The number of nitrogens with zero attached hydrogens (tertiary/aromatic N) is 1. The minimum atomic E-state index is -2.72. The van der Waals surface area contributed by atoms with Gasteiger partial charge in [-0.15, -0.1) is 0 Å². The van der Waals surface area contributed by atoms with Crippen LogP contribution in [0.4, 0.5) is 14.9 Å². The molecule has 0 radical (unpaired) electrons. The molecule has 0 aliphatic carbocycles. The quantitative estimate of drug-likeness (QED) is 0.447. The van der Waals surface area contributed by atoms with Crippen molar-refractivity contribution in [1.29, 1.82) is 0 Å². The minimum Gasteiger partial charge on any atom is -0.493 e. The van der Waals surface area contributed by atoms with E-state index in [-0.39, 0.29) is 19.6 Å². The highest BCUT2D eigenvalue weighted by Crippen LogP contribution is 2.36. The summed E-state index contributed by atoms with van der Waals surface area (Å²) < 4.78 is 46.9. The van der Waals surface area contributed by atoms with Gasteiger partial charge in [0.15, 0.2) is 0 Å². The van der Waals surface area contributed by atoms with Crippen LogP contribution in [0.15, 0.2) is 52.3 Å². The molecule has 5 nitrogen and oxygen atoms in total. The number of nitrogens with two attached hydrogens (primary N) is 1. The third kappa shape index (κ3) is 7.49. The number of benzene rings is 2. The zero-order valence-electron chi connectivity index (χ0n) is 19.9. The van der Waals surface area contributed by atoms with Gasteiger partial charge in [-0.1, -0.05) is 23.9 Å². The normalized spacial score (nSPS) is 13.2. The number of halogens is 1. The van der Waals surface area contributed by atoms with E-state index in [0.29, 0.717) is 26.8 Å². The number of carbonyl (C=O) groups excluding carboxylic acids is 1. The predicted octanol–water partition coefficient (Wildman–Crippen LogP) is 5.53. The highest BCUT2D eigenvalue weighted by atomic mass is 32.2. The molecule has 0 spiro atoms. The van der Waals surface area contributed by atoms with Crippen LogP contribution in [-0.2, 0) is 11.3 Å². The Morgan fingerprint density at radius 3 is 2.66 bits per heavy atom. The van der Waals surface area contributed by atoms with Gasteiger partial charge < -0.3 is 20.1 Å². The molecule has 0 atom stereocenters. The number of amides is 1. The molecular formula is C22H29FN2O3S. The van der Waals surface area contributed by atoms with Gasteiger partial charge in [-0.25, -0.2) is 4.79 Å². The van der Waals surface area contributed by atoms with Crippen molar-refractivity contribution in [3.8, 4) is 5.75 Å². The highest BCUT2D eigenvalue weighted by molar-refractivity contribution is 7.99. The highest BCUT2D eigenvalue weighted by Gasteiger charge is 2.21. The molecule has 2 rings (SSSR count). The number of rotatable bonds is 8. The lowest BCUT2D eigenvalue weighted by atomic mass is 10.2. The van der Waals surface area contributed by atoms with Crippen molar-refractivity contribution >= 4 is 23.5 Å². The van der Waals surface area contributed by atoms with E-state index in [4.69, 9.17) is 19.3 Å². The molecule has 0 heterocycles. The average Bonchev–Trinajstić information content (AvgIpc) is 2.67. The van der Waals surface area contributed by atoms with Gasteiger partial charge >= 0.3 is 6.09 Å². The number of hydrogen-bond donors (Lipinski definition) is 1. The molecule has 0 aliphatic rings. The summed E-state index contributed by atoms with van der Waals surface area (Å²) in [5.41, 5.74) is 6.32. The molecule has 0 unspecified atom stereocenters. The third-order valence-corrected chi connectivity index (χ3v) is 4.87. The van der Waals surface area contributed by atoms with Crippen molar-refractivity contribution in [3.63, 3.8) is 0 Å². The van der Waals surface area contributed by atoms with Crippen molar-refractivity contribution in [3.05, 3.63) is 48.0 Å². The summed E-state index contributed by atoms with van der Waals surface area (Å²) in [5, 5.41) is 0. The first kappa shape index (κ1) is 18.6. The number of ether oxygens (including phenoxy) is 2. The predicted molar refractivity (Wildman–Crippen MR) is 115 cm³/mol. The standard InChI is InChI=1S/C22H29FN2O3S/c1-22(2,3)28-21(26)25(4)15-16-14-17(27-13-7-12-23)10-11-19(16)29-20-9-6-5-8-18(20)24/h5-6,8-11,14H,7,12-13,15,24H2,1-4H3/i4D3. The molecule has 0 bridgehead atoms. The fraction of sp³-hybridized carbons (Fsp3) is 0.409. The fourth-order valence-corrected chi connectivity index (χ4v) is 3.32. The Hall–Kier alpha value is -2.41. The minimum absolute atomic E-state index is 0.184. The molecule has 29 heavy (non-hydrogen) atoms. The zero-order valence-corrected chi connectivity index (χ0v) is 17.7. The van der Waals surface area contributed by atoms with Gasteiger partial charge in [0.25, 0.3) is 0 Å². The number of hydrogen-bond acceptors (Lipinski definition) is 5. The van der Waals surface area contributed by atoms with Crippen LogP contribution in [-0.4, -0.2) is 36.9 Å². The van der Waals surface area contributed by atoms with E-state index < -0.39 is 25.3 Å². The molecule has 0 saturated carbocycles. The Balaban J connectivity index is 2.41. The van der Waals surface area contributed by atoms with Gasteiger partial charge in [-0.05, 0) is 56.7 Å². The van der Waals surface area contributed by atoms with Crippen LogP contribution < -0.4 is 10.5 Å². The van der Waals surface area contributed by atoms with Crippen LogP contribution in [0, 0.1) is 0 Å². The maximum Gasteiger partial charge on any atom is 0.410 e. The molecular weight excluding hydrogens is 391 g/mol. The molecule has 7 heteroatoms. The average molecular weight is 424 g/mol. The van der Waals surface area contributed by atoms with Crippen LogP contribution in [0.3, 0.4) is 0 Å². The van der Waals surface area contributed by atoms with E-state index in [9.17, 15) is 9.18 Å². The third-order valence-electron chi connectivity index (χ3n) is 3.66. The first-order valence-electron chi connectivity index (χ1n) is 10.8. The number of carbonyl (C=O) groups is 1. The van der Waals surface area contributed by atoms with Crippen molar-refractivity contribution < 1.29 is 22.8 Å². The second kappa shape index (κ2) is 10.4. The molecule has 2 N–H and O–H groups in total. The Labute approximate surface area is 180 Å². The summed E-state index contributed by atoms with van der Waals surface area (Å²) in [5.74, 6) is 0.452. The molecule has 158 valence electrons. The summed E-state index contributed by atoms with van der Waals surface area (Å²) in [6.45, 7) is 1.73. The summed E-state index contributed by atoms with van der Waals surface area (Å²) in [6.07, 6.45) is -0.706. The first-order chi connectivity index (χ1) is 14.9. The van der Waals surface area contributed by atoms with Gasteiger partial charge in [0, 0.05) is 39.5 Å². The number of anilines is 1. The number of alkyl halides is 1. The maximum absolute atomic E-state index is 12.7. The fourth-order valence-electron chi connectivity index (χ4n) is 2.36. The number of para-hydroxylation sites is 1. The molecule has 0 aliphatic heterocycles. The van der Waals surface area contributed by atoms with Gasteiger partial charge in [-0.2, -0.15) is 0 Å². The van der Waals surface area contributed by atoms with Crippen LogP contribution in [0.1, 0.15) is 36.9 Å². The van der Waals surface area contributed by atoms with Crippen molar-refractivity contribution in [2.45, 2.75) is 49.1 Å². The maximum atomic E-state index is 12.7. The van der Waals surface area contributed by atoms with Gasteiger partial charge in [0.2, 0.25) is 0 Å². The van der Waals surface area contributed by atoms with E-state index in [1.807, 2.05) is 18.2 Å². The zero-order chi connectivity index (χ0) is 23.9. The topological polar surface area (TPSA) is 64.8 Å². The largest absolute Gasteiger partial charge is 0.493 e. The summed E-state index contributed by atoms with van der Waals surface area (Å²) >= 11 is 1.35. The summed E-state index contributed by atoms with van der Waals surface area (Å²) in [7, 11) is 0. The summed E-state index contributed by atoms with van der Waals surface area (Å²) in [4.78, 5) is 14.9. The van der Waals surface area contributed by atoms with E-state index >= 15 is 0 Å². The van der Waals surface area contributed by atoms with Gasteiger partial charge in [0.1, 0.15) is 11.4 Å². The molecule has 0 fully saturated rings. The smallest absolute Gasteiger partial charge is 0.410 e. The van der Waals surface area contributed by atoms with E-state index in [0.717, 1.165) is 4.90 Å². The second-order valence-electron chi connectivity index (χ2n) is 7.37. The van der Waals surface area contributed by atoms with Gasteiger partial charge in [-0.3, -0.25) is 4.39 Å². The van der Waals surface area contributed by atoms with Crippen LogP contribution >= 0.6 is 11.8 Å². The first-order valence-corrected chi connectivity index (χ1v) is 10.1. The lowest BCUT2D eigenvalue weighted by Gasteiger charge is -2.25. The van der Waals surface area contributed by atoms with Crippen LogP contribution in [0.2, 0.25) is 0 Å². The monoisotopic (exact) mass is 423 g/mol. The Kier molecular flexibility index (Phi) is 6.67. The molecule has 0 aromatic heterocycles. The van der Waals surface area contributed by atoms with E-state index in [1.54, 1.807) is 45.0 Å². The van der Waals surface area contributed by atoms with Crippen LogP contribution in [0.25, 0.3) is 0 Å². The molecule has 2 aromatic carbocycles. The molecule has 2 aromatic rings. The Bertz CT molecular complexity index is 920. The lowest BCUT2D eigenvalue weighted by Crippen LogP contribution is -2.33. The van der Waals surface area contributed by atoms with Crippen molar-refractivity contribution in [2.75, 3.05) is 26.0 Å². The van der Waals surface area contributed by atoms with Gasteiger partial charge in [0.05, 0.1) is 13.3 Å². The van der Waals surface area contributed by atoms with Crippen LogP contribution in [0.5, 0.6) is 5.75 Å². The van der Waals surface area contributed by atoms with E-state index in [2.05, 4.69) is 0 Å². The lowest BCUT2D eigenvalue weighted by molar-refractivity contribution is 0.0283. The Morgan fingerprint density at radius 1 is 1.24 bits per heavy atom. The Morgan fingerprint density at radius 2 is 2.00 bits per heavy atom. The van der Waals surface area contributed by atoms with E-state index in [1.165, 1.54) is 11.8 Å². The van der Waals surface area contributed by atoms with Crippen molar-refractivity contribution in [1.82, 2.24) is 4.90 Å². The van der Waals surface area contributed by atoms with Crippen molar-refractivity contribution in [2.24, 2.45) is 0 Å². The SMILES string of the molecule is [2H]C([2H])([2H])N(Cc1cc(OCCCF)ccc1Sc1ccccc1N)C(=O)OC(C)(C)C. The second-order valence-corrected chi connectivity index (χ2v) is 8.45.